The normalized spacial score (nSPS) is 20.3. The Labute approximate surface area is 142 Å². The number of amides is 3. The molecule has 1 rings (SSSR count). The first kappa shape index (κ1) is 19.9. The van der Waals surface area contributed by atoms with Crippen LogP contribution in [0.25, 0.3) is 0 Å². The van der Waals surface area contributed by atoms with Gasteiger partial charge in [0.2, 0.25) is 5.91 Å². The predicted octanol–water partition coefficient (Wildman–Crippen LogP) is 0.708. The fourth-order valence-corrected chi connectivity index (χ4v) is 2.46. The summed E-state index contributed by atoms with van der Waals surface area (Å²) in [6.45, 7) is 7.43. The summed E-state index contributed by atoms with van der Waals surface area (Å²) in [4.78, 5) is 37.1. The molecular weight excluding hydrogens is 310 g/mol. The van der Waals surface area contributed by atoms with Crippen molar-refractivity contribution in [1.29, 1.82) is 0 Å². The summed E-state index contributed by atoms with van der Waals surface area (Å²) < 4.78 is 5.06. The Balaban J connectivity index is 2.58. The van der Waals surface area contributed by atoms with Gasteiger partial charge in [-0.1, -0.05) is 19.9 Å². The molecule has 0 fully saturated rings. The molecule has 7 nitrogen and oxygen atoms in total. The Bertz CT molecular complexity index is 554. The largest absolute Gasteiger partial charge is 0.499 e. The van der Waals surface area contributed by atoms with Gasteiger partial charge in [-0.25, -0.2) is 0 Å². The van der Waals surface area contributed by atoms with Crippen LogP contribution in [0.2, 0.25) is 0 Å². The van der Waals surface area contributed by atoms with Crippen molar-refractivity contribution in [3.05, 3.63) is 24.0 Å². The highest BCUT2D eigenvalue weighted by Gasteiger charge is 2.34. The first-order valence-corrected chi connectivity index (χ1v) is 8.04. The topological polar surface area (TPSA) is 102 Å². The molecular formula is C17H27N3O4. The smallest absolute Gasteiger partial charge is 0.257 e. The third kappa shape index (κ3) is 5.19. The highest BCUT2D eigenvalue weighted by Crippen LogP contribution is 2.20. The number of nitrogens with two attached hydrogens (primary N) is 1. The van der Waals surface area contributed by atoms with Gasteiger partial charge in [-0.15, -0.1) is 0 Å². The molecule has 0 aromatic rings. The van der Waals surface area contributed by atoms with Crippen molar-refractivity contribution in [1.82, 2.24) is 10.2 Å². The molecule has 7 heteroatoms. The maximum atomic E-state index is 12.2. The third-order valence-electron chi connectivity index (χ3n) is 3.73. The van der Waals surface area contributed by atoms with Gasteiger partial charge in [0.1, 0.15) is 5.76 Å². The van der Waals surface area contributed by atoms with E-state index in [9.17, 15) is 14.4 Å². The molecule has 0 aliphatic carbocycles. The standard InChI is InChI=1S/C17H27N3O4/c1-10(2)8-13(18)17(23)19-11(3)6-7-15(21)20-12(4)14(24-5)9-16(20)22/h6-7,9-13H,8,18H2,1-5H3,(H,19,23)/b7-6+/t11-,12-,13-/m0/s1. The van der Waals surface area contributed by atoms with Crippen molar-refractivity contribution in [3.8, 4) is 0 Å². The van der Waals surface area contributed by atoms with E-state index < -0.39 is 23.9 Å². The number of rotatable bonds is 7. The van der Waals surface area contributed by atoms with Gasteiger partial charge in [-0.3, -0.25) is 19.3 Å². The highest BCUT2D eigenvalue weighted by molar-refractivity contribution is 6.07. The number of carbonyl (C=O) groups is 3. The van der Waals surface area contributed by atoms with E-state index in [1.165, 1.54) is 25.3 Å². The summed E-state index contributed by atoms with van der Waals surface area (Å²) >= 11 is 0. The van der Waals surface area contributed by atoms with E-state index in [-0.39, 0.29) is 11.9 Å². The molecule has 0 bridgehead atoms. The van der Waals surface area contributed by atoms with Crippen LogP contribution < -0.4 is 11.1 Å². The zero-order valence-electron chi connectivity index (χ0n) is 14.9. The van der Waals surface area contributed by atoms with E-state index in [0.29, 0.717) is 18.1 Å². The Kier molecular flexibility index (Phi) is 7.16. The number of ether oxygens (including phenoxy) is 1. The van der Waals surface area contributed by atoms with Gasteiger partial charge in [-0.2, -0.15) is 0 Å². The van der Waals surface area contributed by atoms with Gasteiger partial charge in [0.05, 0.1) is 19.2 Å². The van der Waals surface area contributed by atoms with Crippen molar-refractivity contribution >= 4 is 17.7 Å². The van der Waals surface area contributed by atoms with Crippen molar-refractivity contribution in [2.45, 2.75) is 52.2 Å². The van der Waals surface area contributed by atoms with Gasteiger partial charge >= 0.3 is 0 Å². The van der Waals surface area contributed by atoms with Crippen LogP contribution in [-0.4, -0.2) is 47.9 Å². The summed E-state index contributed by atoms with van der Waals surface area (Å²) in [5.41, 5.74) is 5.81. The second-order valence-corrected chi connectivity index (χ2v) is 6.37. The SMILES string of the molecule is COC1=CC(=O)N(C(=O)/C=C/[C@H](C)NC(=O)[C@@H](N)CC(C)C)[C@H]1C. The van der Waals surface area contributed by atoms with E-state index in [0.717, 1.165) is 4.90 Å². The van der Waals surface area contributed by atoms with E-state index >= 15 is 0 Å². The maximum Gasteiger partial charge on any atom is 0.257 e. The van der Waals surface area contributed by atoms with Gasteiger partial charge in [0, 0.05) is 18.2 Å². The summed E-state index contributed by atoms with van der Waals surface area (Å²) in [7, 11) is 1.46. The monoisotopic (exact) mass is 337 g/mol. The van der Waals surface area contributed by atoms with Gasteiger partial charge in [0.15, 0.2) is 0 Å². The third-order valence-corrected chi connectivity index (χ3v) is 3.73. The number of hydrogen-bond acceptors (Lipinski definition) is 5. The first-order chi connectivity index (χ1) is 11.2. The molecule has 3 N–H and O–H groups in total. The van der Waals surface area contributed by atoms with Crippen molar-refractivity contribution in [2.24, 2.45) is 11.7 Å². The maximum absolute atomic E-state index is 12.2. The van der Waals surface area contributed by atoms with Gasteiger partial charge in [-0.05, 0) is 26.2 Å². The quantitative estimate of drug-likeness (QED) is 0.666. The summed E-state index contributed by atoms with van der Waals surface area (Å²) in [6, 6.07) is -1.39. The Morgan fingerprint density at radius 2 is 2.04 bits per heavy atom. The molecule has 1 aliphatic heterocycles. The average molecular weight is 337 g/mol. The van der Waals surface area contributed by atoms with Gasteiger partial charge < -0.3 is 15.8 Å². The molecule has 134 valence electrons. The molecule has 0 unspecified atom stereocenters. The fourth-order valence-electron chi connectivity index (χ4n) is 2.46. The van der Waals surface area contributed by atoms with E-state index in [1.54, 1.807) is 13.8 Å². The summed E-state index contributed by atoms with van der Waals surface area (Å²) in [6.07, 6.45) is 4.70. The molecule has 3 atom stereocenters. The number of hydrogen-bond donors (Lipinski definition) is 2. The minimum Gasteiger partial charge on any atom is -0.499 e. The minimum atomic E-state index is -0.579. The summed E-state index contributed by atoms with van der Waals surface area (Å²) in [5, 5.41) is 2.73. The average Bonchev–Trinajstić information content (AvgIpc) is 2.78. The van der Waals surface area contributed by atoms with Crippen molar-refractivity contribution in [3.63, 3.8) is 0 Å². The van der Waals surface area contributed by atoms with E-state index in [4.69, 9.17) is 10.5 Å². The molecule has 0 radical (unpaired) electrons. The second kappa shape index (κ2) is 8.63. The van der Waals surface area contributed by atoms with Crippen molar-refractivity contribution in [2.75, 3.05) is 7.11 Å². The number of nitrogens with one attached hydrogen (secondary N) is 1. The molecule has 3 amide bonds. The highest BCUT2D eigenvalue weighted by atomic mass is 16.5. The lowest BCUT2D eigenvalue weighted by atomic mass is 10.0. The van der Waals surface area contributed by atoms with Crippen LogP contribution in [0.15, 0.2) is 24.0 Å². The van der Waals surface area contributed by atoms with Crippen LogP contribution in [-0.2, 0) is 19.1 Å². The molecule has 0 aromatic carbocycles. The Morgan fingerprint density at radius 3 is 2.54 bits per heavy atom. The van der Waals surface area contributed by atoms with Crippen LogP contribution in [0.5, 0.6) is 0 Å². The lowest BCUT2D eigenvalue weighted by Gasteiger charge is -2.20. The predicted molar refractivity (Wildman–Crippen MR) is 90.6 cm³/mol. The lowest BCUT2D eigenvalue weighted by molar-refractivity contribution is -0.139. The number of methoxy groups -OCH3 is 1. The fraction of sp³-hybridized carbons (Fsp3) is 0.588. The molecule has 1 heterocycles. The van der Waals surface area contributed by atoms with Crippen molar-refractivity contribution < 1.29 is 19.1 Å². The van der Waals surface area contributed by atoms with Crippen LogP contribution in [0.4, 0.5) is 0 Å². The first-order valence-electron chi connectivity index (χ1n) is 8.04. The Hall–Kier alpha value is -2.15. The van der Waals surface area contributed by atoms with Crippen LogP contribution >= 0.6 is 0 Å². The second-order valence-electron chi connectivity index (χ2n) is 6.37. The number of nitrogens with zero attached hydrogens (tertiary/aromatic N) is 1. The lowest BCUT2D eigenvalue weighted by Crippen LogP contribution is -2.44. The molecule has 1 aliphatic rings. The van der Waals surface area contributed by atoms with Gasteiger partial charge in [0.25, 0.3) is 11.8 Å². The van der Waals surface area contributed by atoms with E-state index in [2.05, 4.69) is 5.32 Å². The summed E-state index contributed by atoms with van der Waals surface area (Å²) in [5.74, 6) is -0.360. The molecule has 0 aromatic heterocycles. The molecule has 0 saturated heterocycles. The minimum absolute atomic E-state index is 0.262. The van der Waals surface area contributed by atoms with Crippen LogP contribution in [0, 0.1) is 5.92 Å². The van der Waals surface area contributed by atoms with Crippen LogP contribution in [0.3, 0.4) is 0 Å². The number of imide groups is 1. The Morgan fingerprint density at radius 1 is 1.42 bits per heavy atom. The molecule has 24 heavy (non-hydrogen) atoms. The zero-order valence-corrected chi connectivity index (χ0v) is 14.9. The van der Waals surface area contributed by atoms with Crippen LogP contribution in [0.1, 0.15) is 34.1 Å². The molecule has 0 saturated carbocycles. The van der Waals surface area contributed by atoms with E-state index in [1.807, 2.05) is 13.8 Å². The molecule has 0 spiro atoms. The zero-order chi connectivity index (χ0) is 18.4. The number of carbonyl (C=O) groups excluding carboxylic acids is 3.